The van der Waals surface area contributed by atoms with E-state index in [4.69, 9.17) is 28.2 Å². The van der Waals surface area contributed by atoms with Crippen molar-refractivity contribution < 1.29 is 18.9 Å². The molecule has 0 radical (unpaired) electrons. The Hall–Kier alpha value is -4.28. The van der Waals surface area contributed by atoms with Crippen molar-refractivity contribution in [1.82, 2.24) is 5.32 Å². The lowest BCUT2D eigenvalue weighted by Gasteiger charge is -2.12. The number of aryl methyl sites for hydroxylation is 1. The van der Waals surface area contributed by atoms with Gasteiger partial charge in [-0.3, -0.25) is 25.0 Å². The Bertz CT molecular complexity index is 1470. The molecule has 176 valence electrons. The summed E-state index contributed by atoms with van der Waals surface area (Å²) < 4.78 is 5.59. The molecule has 35 heavy (non-hydrogen) atoms. The normalized spacial score (nSPS) is 10.6. The summed E-state index contributed by atoms with van der Waals surface area (Å²) in [6, 6.07) is 17.8. The van der Waals surface area contributed by atoms with Gasteiger partial charge in [-0.1, -0.05) is 29.8 Å². The second kappa shape index (κ2) is 9.92. The first-order valence-corrected chi connectivity index (χ1v) is 11.0. The largest absolute Gasteiger partial charge is 0.451 e. The van der Waals surface area contributed by atoms with E-state index in [1.165, 1.54) is 12.1 Å². The van der Waals surface area contributed by atoms with E-state index in [9.17, 15) is 19.7 Å². The number of rotatable bonds is 5. The van der Waals surface area contributed by atoms with Crippen molar-refractivity contribution in [1.29, 1.82) is 0 Å². The molecule has 0 unspecified atom stereocenters. The number of halogens is 1. The summed E-state index contributed by atoms with van der Waals surface area (Å²) >= 11 is 11.0. The van der Waals surface area contributed by atoms with Gasteiger partial charge in [0.1, 0.15) is 10.6 Å². The minimum absolute atomic E-state index is 0.00827. The highest BCUT2D eigenvalue weighted by atomic mass is 35.5. The van der Waals surface area contributed by atoms with Gasteiger partial charge >= 0.3 is 0 Å². The molecule has 0 bridgehead atoms. The maximum atomic E-state index is 12.6. The molecular formula is C24H17ClN4O5S. The van der Waals surface area contributed by atoms with Gasteiger partial charge in [0.25, 0.3) is 17.5 Å². The van der Waals surface area contributed by atoms with E-state index >= 15 is 0 Å². The summed E-state index contributed by atoms with van der Waals surface area (Å²) in [6.07, 6.45) is 0. The number of nitro groups is 1. The van der Waals surface area contributed by atoms with Crippen LogP contribution in [0, 0.1) is 17.0 Å². The minimum atomic E-state index is -0.674. The lowest BCUT2D eigenvalue weighted by atomic mass is 10.1. The third-order valence-corrected chi connectivity index (χ3v) is 5.54. The number of benzene rings is 3. The van der Waals surface area contributed by atoms with Crippen LogP contribution in [0.4, 0.5) is 17.1 Å². The van der Waals surface area contributed by atoms with E-state index in [1.54, 1.807) is 37.3 Å². The van der Waals surface area contributed by atoms with E-state index in [0.717, 1.165) is 17.0 Å². The number of fused-ring (bicyclic) bond motifs is 1. The quantitative estimate of drug-likeness (QED) is 0.180. The molecule has 0 saturated heterocycles. The van der Waals surface area contributed by atoms with E-state index in [1.807, 2.05) is 18.2 Å². The zero-order valence-electron chi connectivity index (χ0n) is 18.1. The van der Waals surface area contributed by atoms with Gasteiger partial charge in [-0.05, 0) is 67.2 Å². The van der Waals surface area contributed by atoms with Crippen LogP contribution in [0.15, 0.2) is 71.1 Å². The second-order valence-corrected chi connectivity index (χ2v) is 8.28. The third kappa shape index (κ3) is 5.45. The van der Waals surface area contributed by atoms with Crippen LogP contribution in [-0.4, -0.2) is 21.9 Å². The van der Waals surface area contributed by atoms with Crippen molar-refractivity contribution in [2.75, 3.05) is 10.6 Å². The van der Waals surface area contributed by atoms with Crippen LogP contribution in [-0.2, 0) is 0 Å². The van der Waals surface area contributed by atoms with Gasteiger partial charge in [0.2, 0.25) is 0 Å². The maximum Gasteiger partial charge on any atom is 0.291 e. The molecular weight excluding hydrogens is 492 g/mol. The number of hydrogen-bond donors (Lipinski definition) is 3. The predicted octanol–water partition coefficient (Wildman–Crippen LogP) is 5.68. The summed E-state index contributed by atoms with van der Waals surface area (Å²) in [4.78, 5) is 35.4. The number of nitrogens with zero attached hydrogens (tertiary/aromatic N) is 1. The number of nitrogens with one attached hydrogen (secondary N) is 3. The average Bonchev–Trinajstić information content (AvgIpc) is 3.25. The first kappa shape index (κ1) is 23.9. The molecule has 0 fully saturated rings. The van der Waals surface area contributed by atoms with Gasteiger partial charge in [0.15, 0.2) is 10.9 Å². The van der Waals surface area contributed by atoms with Crippen molar-refractivity contribution in [2.24, 2.45) is 0 Å². The molecule has 3 aromatic carbocycles. The Balaban J connectivity index is 1.39. The molecule has 0 aliphatic carbocycles. The number of thiocarbonyl (C=S) groups is 1. The van der Waals surface area contributed by atoms with Crippen LogP contribution in [0.5, 0.6) is 0 Å². The van der Waals surface area contributed by atoms with Crippen molar-refractivity contribution in [3.8, 4) is 0 Å². The number of amides is 2. The van der Waals surface area contributed by atoms with Crippen LogP contribution in [0.3, 0.4) is 0 Å². The highest BCUT2D eigenvalue weighted by Gasteiger charge is 2.17. The topological polar surface area (TPSA) is 127 Å². The fraction of sp³-hybridized carbons (Fsp3) is 0.0417. The summed E-state index contributed by atoms with van der Waals surface area (Å²) in [5.41, 5.74) is 2.15. The first-order valence-electron chi connectivity index (χ1n) is 10.2. The molecule has 1 heterocycles. The summed E-state index contributed by atoms with van der Waals surface area (Å²) in [5, 5.41) is 19.9. The first-order chi connectivity index (χ1) is 16.7. The molecule has 0 atom stereocenters. The van der Waals surface area contributed by atoms with Gasteiger partial charge in [-0.2, -0.15) is 0 Å². The number of carbonyl (C=O) groups excluding carboxylic acids is 2. The average molecular weight is 509 g/mol. The molecule has 0 saturated carbocycles. The van der Waals surface area contributed by atoms with Crippen molar-refractivity contribution >= 4 is 68.8 Å². The number of anilines is 2. The Morgan fingerprint density at radius 2 is 1.77 bits per heavy atom. The number of carbonyl (C=O) groups is 2. The zero-order chi connectivity index (χ0) is 25.1. The maximum absolute atomic E-state index is 12.6. The number of furan rings is 1. The van der Waals surface area contributed by atoms with Crippen LogP contribution in [0.25, 0.3) is 11.0 Å². The number of nitro benzene ring substituents is 1. The van der Waals surface area contributed by atoms with Crippen LogP contribution >= 0.6 is 23.8 Å². The van der Waals surface area contributed by atoms with Crippen molar-refractivity contribution in [3.63, 3.8) is 0 Å². The molecule has 3 N–H and O–H groups in total. The Kier molecular flexibility index (Phi) is 6.76. The Labute approximate surface area is 209 Å². The smallest absolute Gasteiger partial charge is 0.291 e. The molecule has 4 rings (SSSR count). The van der Waals surface area contributed by atoms with Crippen LogP contribution in [0.1, 0.15) is 26.5 Å². The molecule has 4 aromatic rings. The third-order valence-electron chi connectivity index (χ3n) is 5.01. The van der Waals surface area contributed by atoms with Gasteiger partial charge in [0, 0.05) is 28.4 Å². The molecule has 9 nitrogen and oxygen atoms in total. The van der Waals surface area contributed by atoms with Crippen LogP contribution < -0.4 is 16.0 Å². The van der Waals surface area contributed by atoms with Gasteiger partial charge in [-0.15, -0.1) is 0 Å². The summed E-state index contributed by atoms with van der Waals surface area (Å²) in [7, 11) is 0. The van der Waals surface area contributed by atoms with Crippen molar-refractivity contribution in [2.45, 2.75) is 6.92 Å². The predicted molar refractivity (Wildman–Crippen MR) is 137 cm³/mol. The lowest BCUT2D eigenvalue weighted by Crippen LogP contribution is -2.34. The number of hydrogen-bond acceptors (Lipinski definition) is 6. The highest BCUT2D eigenvalue weighted by Crippen LogP contribution is 2.25. The minimum Gasteiger partial charge on any atom is -0.451 e. The van der Waals surface area contributed by atoms with Gasteiger partial charge in [-0.25, -0.2) is 0 Å². The molecule has 0 aliphatic rings. The lowest BCUT2D eigenvalue weighted by molar-refractivity contribution is -0.384. The number of para-hydroxylation sites is 1. The summed E-state index contributed by atoms with van der Waals surface area (Å²) in [6.45, 7) is 1.80. The molecule has 2 amide bonds. The Morgan fingerprint density at radius 1 is 1.00 bits per heavy atom. The van der Waals surface area contributed by atoms with Gasteiger partial charge in [0.05, 0.1) is 4.92 Å². The second-order valence-electron chi connectivity index (χ2n) is 7.46. The monoisotopic (exact) mass is 508 g/mol. The SMILES string of the molecule is Cc1cc(NC(=S)NC(=O)c2ccc(Cl)c([N+](=O)[O-])c2)ccc1NC(=O)c1cc2ccccc2o1. The zero-order valence-corrected chi connectivity index (χ0v) is 19.7. The fourth-order valence-electron chi connectivity index (χ4n) is 3.29. The molecule has 11 heteroatoms. The van der Waals surface area contributed by atoms with Gasteiger partial charge < -0.3 is 15.1 Å². The molecule has 0 spiro atoms. The van der Waals surface area contributed by atoms with Crippen molar-refractivity contribution in [3.05, 3.63) is 98.8 Å². The fourth-order valence-corrected chi connectivity index (χ4v) is 3.69. The summed E-state index contributed by atoms with van der Waals surface area (Å²) in [5.74, 6) is -0.822. The van der Waals surface area contributed by atoms with E-state index < -0.39 is 10.8 Å². The highest BCUT2D eigenvalue weighted by molar-refractivity contribution is 7.80. The standard InChI is InChI=1S/C24H17ClN4O5S/c1-13-10-16(26-24(35)28-22(30)15-6-8-17(25)19(11-15)29(32)33)7-9-18(13)27-23(31)21-12-14-4-2-3-5-20(14)34-21/h2-12H,1H3,(H,27,31)(H2,26,28,30,35). The van der Waals surface area contributed by atoms with E-state index in [2.05, 4.69) is 16.0 Å². The van der Waals surface area contributed by atoms with E-state index in [-0.39, 0.29) is 33.1 Å². The molecule has 1 aromatic heterocycles. The van der Waals surface area contributed by atoms with Crippen LogP contribution in [0.2, 0.25) is 5.02 Å². The molecule has 0 aliphatic heterocycles. The van der Waals surface area contributed by atoms with E-state index in [0.29, 0.717) is 17.0 Å². The Morgan fingerprint density at radius 3 is 2.49 bits per heavy atom.